The third kappa shape index (κ3) is 107. The molecule has 0 aromatic heterocycles. The molecule has 0 saturated heterocycles. The van der Waals surface area contributed by atoms with Crippen LogP contribution in [-0.2, 0) is 14.4 Å². The maximum Gasteiger partial charge on any atom is 0.132 e. The molecule has 0 spiro atoms. The van der Waals surface area contributed by atoms with Crippen molar-refractivity contribution in [2.24, 2.45) is 5.16 Å². The number of hydrogen-bond donors (Lipinski definition) is 4. The van der Waals surface area contributed by atoms with E-state index in [0.29, 0.717) is 12.4 Å². The molecule has 0 rings (SSSR count). The van der Waals surface area contributed by atoms with Gasteiger partial charge in [0.2, 0.25) is 0 Å². The molecule has 0 fully saturated rings. The molecule has 0 atom stereocenters. The van der Waals surface area contributed by atoms with E-state index in [-0.39, 0.29) is 0 Å². The molecule has 0 aliphatic heterocycles. The Morgan fingerprint density at radius 1 is 0.452 bits per heavy atom. The number of carbonyl (C=O) groups excluding carboxylic acids is 2. The molecule has 0 aromatic rings. The third-order valence-electron chi connectivity index (χ3n) is 10.5. The minimum atomic E-state index is 0.369. The van der Waals surface area contributed by atoms with E-state index < -0.39 is 0 Å². The number of ketones is 1. The number of Topliss-reactive ketones (excluding diaryl/α,β-unsaturated/α-hetero) is 1. The zero-order chi connectivity index (χ0) is 48.1. The summed E-state index contributed by atoms with van der Waals surface area (Å²) < 4.78 is 0. The largest absolute Gasteiger partial charge is 0.400 e. The number of nitrogens with zero attached hydrogens (tertiary/aromatic N) is 1. The molecule has 0 radical (unpaired) electrons. The van der Waals surface area contributed by atoms with Gasteiger partial charge in [-0.05, 0) is 39.3 Å². The van der Waals surface area contributed by atoms with Gasteiger partial charge in [-0.2, -0.15) is 0 Å². The first-order valence-corrected chi connectivity index (χ1v) is 26.7. The van der Waals surface area contributed by atoms with E-state index in [4.69, 9.17) is 15.0 Å². The molecule has 4 N–H and O–H groups in total. The van der Waals surface area contributed by atoms with Gasteiger partial charge in [-0.3, -0.25) is 4.79 Å². The number of nitrogens with one attached hydrogen (secondary N) is 2. The monoisotopic (exact) mass is 890 g/mol. The van der Waals surface area contributed by atoms with Crippen LogP contribution in [0.2, 0.25) is 0 Å². The zero-order valence-electron chi connectivity index (χ0n) is 44.2. The van der Waals surface area contributed by atoms with Gasteiger partial charge in [0, 0.05) is 39.9 Å². The van der Waals surface area contributed by atoms with Gasteiger partial charge in [-0.1, -0.05) is 253 Å². The van der Waals surface area contributed by atoms with E-state index >= 15 is 0 Å². The smallest absolute Gasteiger partial charge is 0.132 e. The van der Waals surface area contributed by atoms with Crippen LogP contribution in [0.5, 0.6) is 0 Å². The maximum atomic E-state index is 11.7. The average molecular weight is 891 g/mol. The Hall–Kier alpha value is -1.35. The van der Waals surface area contributed by atoms with Crippen molar-refractivity contribution in [2.75, 3.05) is 41.1 Å². The average Bonchev–Trinajstić information content (AvgIpc) is 3.31. The summed E-state index contributed by atoms with van der Waals surface area (Å²) in [5.74, 6) is 0.504. The summed E-state index contributed by atoms with van der Waals surface area (Å²) in [5, 5.41) is 24.7. The van der Waals surface area contributed by atoms with Gasteiger partial charge in [0.05, 0.1) is 0 Å². The van der Waals surface area contributed by atoms with Crippen LogP contribution in [0.3, 0.4) is 0 Å². The van der Waals surface area contributed by atoms with Crippen LogP contribution in [0.1, 0.15) is 292 Å². The molecule has 0 amide bonds. The van der Waals surface area contributed by atoms with Gasteiger partial charge in [-0.25, -0.2) is 0 Å². The summed E-state index contributed by atoms with van der Waals surface area (Å²) in [6, 6.07) is 0. The van der Waals surface area contributed by atoms with E-state index in [9.17, 15) is 4.79 Å². The topological polar surface area (TPSA) is 120 Å². The molecule has 0 heterocycles. The van der Waals surface area contributed by atoms with Gasteiger partial charge in [0.1, 0.15) is 19.7 Å². The number of hydrogen-bond acceptors (Lipinski definition) is 8. The van der Waals surface area contributed by atoms with Crippen LogP contribution in [0.15, 0.2) is 5.16 Å². The van der Waals surface area contributed by atoms with Crippen molar-refractivity contribution in [3.63, 3.8) is 0 Å². The predicted octanol–water partition coefficient (Wildman–Crippen LogP) is 16.3. The van der Waals surface area contributed by atoms with Gasteiger partial charge in [-0.15, -0.1) is 5.16 Å². The summed E-state index contributed by atoms with van der Waals surface area (Å²) in [7, 11) is 4.39. The fourth-order valence-corrected chi connectivity index (χ4v) is 6.54. The highest BCUT2D eigenvalue weighted by atomic mass is 16.6. The van der Waals surface area contributed by atoms with Crippen LogP contribution in [0.25, 0.3) is 0 Å². The fraction of sp³-hybridized carbons (Fsp3) is 0.944. The van der Waals surface area contributed by atoms with E-state index in [1.54, 1.807) is 0 Å². The van der Waals surface area contributed by atoms with E-state index in [0.717, 1.165) is 52.4 Å². The maximum absolute atomic E-state index is 11.7. The second-order valence-corrected chi connectivity index (χ2v) is 16.6. The molecule has 8 heteroatoms. The number of aliphatic hydroxyl groups excluding tert-OH is 2. The first-order chi connectivity index (χ1) is 30.5. The quantitative estimate of drug-likeness (QED) is 0.0208. The summed E-state index contributed by atoms with van der Waals surface area (Å²) in [6.07, 6.45) is 51.9. The lowest BCUT2D eigenvalue weighted by Gasteiger charge is -2.02. The van der Waals surface area contributed by atoms with Crippen LogP contribution < -0.4 is 10.6 Å². The molecule has 0 saturated carbocycles. The van der Waals surface area contributed by atoms with Crippen molar-refractivity contribution >= 4 is 19.3 Å². The van der Waals surface area contributed by atoms with Crippen molar-refractivity contribution in [2.45, 2.75) is 292 Å². The molecule has 380 valence electrons. The Bertz CT molecular complexity index is 644. The Morgan fingerprint density at radius 2 is 0.677 bits per heavy atom. The number of rotatable bonds is 42. The van der Waals surface area contributed by atoms with Crippen molar-refractivity contribution in [3.8, 4) is 0 Å². The first-order valence-electron chi connectivity index (χ1n) is 26.7. The summed E-state index contributed by atoms with van der Waals surface area (Å²) in [5.41, 5.74) is 0. The lowest BCUT2D eigenvalue weighted by molar-refractivity contribution is -0.119. The van der Waals surface area contributed by atoms with Gasteiger partial charge >= 0.3 is 0 Å². The van der Waals surface area contributed by atoms with E-state index in [1.165, 1.54) is 225 Å². The Kier molecular flexibility index (Phi) is 109. The normalized spacial score (nSPS) is 9.73. The second-order valence-electron chi connectivity index (χ2n) is 16.6. The lowest BCUT2D eigenvalue weighted by Crippen LogP contribution is -2.26. The minimum absolute atomic E-state index is 0.369. The number of aliphatic hydroxyl groups is 2. The van der Waals surface area contributed by atoms with Gasteiger partial charge in [0.15, 0.2) is 0 Å². The van der Waals surface area contributed by atoms with Crippen LogP contribution in [-0.4, -0.2) is 70.6 Å². The minimum Gasteiger partial charge on any atom is -0.400 e. The van der Waals surface area contributed by atoms with Crippen molar-refractivity contribution in [1.82, 2.24) is 10.6 Å². The molecule has 62 heavy (non-hydrogen) atoms. The molecule has 0 aromatic carbocycles. The highest BCUT2D eigenvalue weighted by molar-refractivity contribution is 5.78. The van der Waals surface area contributed by atoms with Crippen LogP contribution in [0, 0.1) is 0 Å². The molecule has 0 aliphatic rings. The fourth-order valence-electron chi connectivity index (χ4n) is 6.54. The highest BCUT2D eigenvalue weighted by Gasteiger charge is 2.02. The van der Waals surface area contributed by atoms with Gasteiger partial charge < -0.3 is 30.5 Å². The molecular formula is C54H119N3O5. The Morgan fingerprint density at radius 3 is 0.887 bits per heavy atom. The van der Waals surface area contributed by atoms with Crippen molar-refractivity contribution in [3.05, 3.63) is 0 Å². The number of carbonyl (C=O) groups is 2. The summed E-state index contributed by atoms with van der Waals surface area (Å²) in [6.45, 7) is 20.9. The van der Waals surface area contributed by atoms with Crippen molar-refractivity contribution < 1.29 is 24.6 Å². The SMILES string of the molecule is C=NOC.C=O.CCCCCCCCCC(=O)CCCCCCCC.CCCCCCCCCCCCCCCCC.CCCCCCCCCO.CCCCNCNC.CO. The Labute approximate surface area is 391 Å². The molecule has 0 unspecified atom stereocenters. The highest BCUT2D eigenvalue weighted by Crippen LogP contribution is 2.14. The molecule has 8 nitrogen and oxygen atoms in total. The predicted molar refractivity (Wildman–Crippen MR) is 280 cm³/mol. The van der Waals surface area contributed by atoms with Crippen molar-refractivity contribution in [1.29, 1.82) is 0 Å². The molecular weight excluding hydrogens is 771 g/mol. The standard InChI is InChI=1S/C18H36O.C17H36.C9H20O.C6H16N2.C2H5NO.CH4O.CH2O/c1-3-5-7-9-11-13-15-17-18(19)16-14-12-10-8-6-4-2;1-3-5-7-9-11-13-15-17-16-14-12-10-8-6-4-2;1-2-3-4-5-6-7-8-9-10;1-3-4-5-8-6-7-2;1-3-4-2;2*1-2/h3-17H2,1-2H3;3-17H2,1-2H3;10H,2-9H2,1H3;7-8H,3-6H2,1-2H3;1H2,2H3;2H,1H3;1H2. The van der Waals surface area contributed by atoms with Crippen LogP contribution in [0.4, 0.5) is 0 Å². The molecule has 0 aliphatic carbocycles. The first kappa shape index (κ1) is 75.0. The number of unbranched alkanes of at least 4 members (excludes halogenated alkanes) is 32. The van der Waals surface area contributed by atoms with E-state index in [1.807, 2.05) is 13.8 Å². The van der Waals surface area contributed by atoms with Crippen LogP contribution >= 0.6 is 0 Å². The Balaban J connectivity index is -0.000000128. The summed E-state index contributed by atoms with van der Waals surface area (Å²) in [4.78, 5) is 23.7. The van der Waals surface area contributed by atoms with Gasteiger partial charge in [0.25, 0.3) is 0 Å². The third-order valence-corrected chi connectivity index (χ3v) is 10.5. The summed E-state index contributed by atoms with van der Waals surface area (Å²) >= 11 is 0. The second kappa shape index (κ2) is 90.4. The molecule has 0 bridgehead atoms. The zero-order valence-corrected chi connectivity index (χ0v) is 44.2. The lowest BCUT2D eigenvalue weighted by atomic mass is 10.0. The van der Waals surface area contributed by atoms with E-state index in [2.05, 4.69) is 68.9 Å². The number of oxime groups is 1.